The molecule has 2 atom stereocenters. The van der Waals surface area contributed by atoms with Gasteiger partial charge in [0.25, 0.3) is 0 Å². The number of rotatable bonds is 18. The zero-order valence-electron chi connectivity index (χ0n) is 20.8. The summed E-state index contributed by atoms with van der Waals surface area (Å²) in [4.78, 5) is 0. The molecular formula is C20H50N2O6Si2. The van der Waals surface area contributed by atoms with Gasteiger partial charge in [-0.25, -0.2) is 0 Å². The van der Waals surface area contributed by atoms with E-state index in [4.69, 9.17) is 38.0 Å². The first kappa shape index (κ1) is 32.3. The Hall–Kier alpha value is 0.114. The van der Waals surface area contributed by atoms with Crippen molar-refractivity contribution in [2.24, 2.45) is 23.3 Å². The molecule has 0 saturated carbocycles. The predicted molar refractivity (Wildman–Crippen MR) is 127 cm³/mol. The van der Waals surface area contributed by atoms with Gasteiger partial charge in [-0.05, 0) is 66.5 Å². The monoisotopic (exact) mass is 470 g/mol. The lowest BCUT2D eigenvalue weighted by atomic mass is 10.2. The molecule has 0 spiro atoms. The SMILES string of the molecule is CCO[Si](CC(C)CN)(OCC)OCC.CCO[Si](CC(C)CN)(OCC)OCC. The Balaban J connectivity index is 0. The van der Waals surface area contributed by atoms with Gasteiger partial charge < -0.3 is 38.0 Å². The summed E-state index contributed by atoms with van der Waals surface area (Å²) in [6, 6.07) is 1.61. The minimum absolute atomic E-state index is 0.376. The van der Waals surface area contributed by atoms with Gasteiger partial charge in [0.1, 0.15) is 0 Å². The molecule has 0 aromatic carbocycles. The highest BCUT2D eigenvalue weighted by atomic mass is 28.4. The van der Waals surface area contributed by atoms with Gasteiger partial charge >= 0.3 is 17.6 Å². The molecular weight excluding hydrogens is 420 g/mol. The lowest BCUT2D eigenvalue weighted by Gasteiger charge is -2.30. The molecule has 0 aliphatic heterocycles. The molecule has 10 heteroatoms. The van der Waals surface area contributed by atoms with Crippen LogP contribution in [0.3, 0.4) is 0 Å². The van der Waals surface area contributed by atoms with Crippen LogP contribution in [-0.4, -0.2) is 70.3 Å². The van der Waals surface area contributed by atoms with E-state index in [1.165, 1.54) is 0 Å². The molecule has 0 aromatic heterocycles. The lowest BCUT2D eigenvalue weighted by Crippen LogP contribution is -2.47. The second-order valence-corrected chi connectivity index (χ2v) is 12.3. The minimum atomic E-state index is -2.46. The average Bonchev–Trinajstić information content (AvgIpc) is 2.69. The van der Waals surface area contributed by atoms with Crippen LogP contribution < -0.4 is 11.5 Å². The van der Waals surface area contributed by atoms with Gasteiger partial charge in [0.15, 0.2) is 0 Å². The lowest BCUT2D eigenvalue weighted by molar-refractivity contribution is 0.0671. The minimum Gasteiger partial charge on any atom is -0.374 e. The summed E-state index contributed by atoms with van der Waals surface area (Å²) in [5.41, 5.74) is 11.2. The van der Waals surface area contributed by atoms with Gasteiger partial charge in [-0.1, -0.05) is 13.8 Å². The Bertz CT molecular complexity index is 315. The Morgan fingerprint density at radius 2 is 0.700 bits per heavy atom. The molecule has 0 heterocycles. The van der Waals surface area contributed by atoms with Crippen molar-refractivity contribution in [3.05, 3.63) is 0 Å². The van der Waals surface area contributed by atoms with Crippen LogP contribution in [0.1, 0.15) is 55.4 Å². The number of nitrogens with two attached hydrogens (primary N) is 2. The molecule has 184 valence electrons. The smallest absolute Gasteiger partial charge is 0.374 e. The van der Waals surface area contributed by atoms with Crippen molar-refractivity contribution < 1.29 is 26.6 Å². The number of hydrogen-bond donors (Lipinski definition) is 2. The average molecular weight is 471 g/mol. The quantitative estimate of drug-likeness (QED) is 0.294. The van der Waals surface area contributed by atoms with E-state index in [2.05, 4.69) is 13.8 Å². The first-order valence-corrected chi connectivity index (χ1v) is 15.4. The summed E-state index contributed by atoms with van der Waals surface area (Å²) in [7, 11) is -4.92. The van der Waals surface area contributed by atoms with E-state index in [0.717, 1.165) is 12.1 Å². The van der Waals surface area contributed by atoms with E-state index < -0.39 is 17.6 Å². The first-order valence-electron chi connectivity index (χ1n) is 11.5. The van der Waals surface area contributed by atoms with Crippen molar-refractivity contribution >= 4 is 17.6 Å². The second-order valence-electron chi connectivity index (χ2n) is 7.05. The van der Waals surface area contributed by atoms with Crippen LogP contribution in [0.4, 0.5) is 0 Å². The summed E-state index contributed by atoms with van der Waals surface area (Å²) >= 11 is 0. The van der Waals surface area contributed by atoms with Crippen molar-refractivity contribution in [2.45, 2.75) is 67.5 Å². The molecule has 0 saturated heterocycles. The molecule has 0 bridgehead atoms. The van der Waals surface area contributed by atoms with Crippen LogP contribution in [-0.2, 0) is 26.6 Å². The third-order valence-corrected chi connectivity index (χ3v) is 11.0. The predicted octanol–water partition coefficient (Wildman–Crippen LogP) is 3.26. The molecule has 0 aliphatic carbocycles. The summed E-state index contributed by atoms with van der Waals surface area (Å²) in [5, 5.41) is 0. The van der Waals surface area contributed by atoms with E-state index in [1.807, 2.05) is 41.5 Å². The maximum atomic E-state index is 5.72. The van der Waals surface area contributed by atoms with E-state index in [9.17, 15) is 0 Å². The molecule has 0 aliphatic rings. The highest BCUT2D eigenvalue weighted by molar-refractivity contribution is 6.61. The van der Waals surface area contributed by atoms with E-state index in [1.54, 1.807) is 0 Å². The molecule has 30 heavy (non-hydrogen) atoms. The fraction of sp³-hybridized carbons (Fsp3) is 1.00. The van der Waals surface area contributed by atoms with E-state index >= 15 is 0 Å². The zero-order chi connectivity index (χ0) is 23.5. The van der Waals surface area contributed by atoms with Crippen LogP contribution in [0.15, 0.2) is 0 Å². The van der Waals surface area contributed by atoms with Crippen LogP contribution in [0.25, 0.3) is 0 Å². The van der Waals surface area contributed by atoms with Gasteiger partial charge in [-0.15, -0.1) is 0 Å². The molecule has 0 rings (SSSR count). The molecule has 0 aromatic rings. The van der Waals surface area contributed by atoms with E-state index in [-0.39, 0.29) is 0 Å². The highest BCUT2D eigenvalue weighted by Crippen LogP contribution is 2.21. The fourth-order valence-electron chi connectivity index (χ4n) is 2.94. The van der Waals surface area contributed by atoms with Crippen molar-refractivity contribution in [3.63, 3.8) is 0 Å². The molecule has 0 radical (unpaired) electrons. The summed E-state index contributed by atoms with van der Waals surface area (Å²) in [6.45, 7) is 21.0. The molecule has 2 unspecified atom stereocenters. The maximum absolute atomic E-state index is 5.72. The van der Waals surface area contributed by atoms with Crippen molar-refractivity contribution in [2.75, 3.05) is 52.7 Å². The Morgan fingerprint density at radius 1 is 0.500 bits per heavy atom. The topological polar surface area (TPSA) is 107 Å². The molecule has 4 N–H and O–H groups in total. The van der Waals surface area contributed by atoms with Crippen molar-refractivity contribution in [1.29, 1.82) is 0 Å². The summed E-state index contributed by atoms with van der Waals surface area (Å²) in [5.74, 6) is 0.752. The molecule has 0 amide bonds. The van der Waals surface area contributed by atoms with Gasteiger partial charge in [0.05, 0.1) is 0 Å². The van der Waals surface area contributed by atoms with Gasteiger partial charge in [-0.2, -0.15) is 0 Å². The molecule has 0 fully saturated rings. The Labute approximate surface area is 188 Å². The normalized spacial score (nSPS) is 14.2. The van der Waals surface area contributed by atoms with Crippen molar-refractivity contribution in [3.8, 4) is 0 Å². The van der Waals surface area contributed by atoms with Gasteiger partial charge in [0, 0.05) is 51.7 Å². The van der Waals surface area contributed by atoms with Crippen LogP contribution in [0.5, 0.6) is 0 Å². The third-order valence-electron chi connectivity index (χ3n) is 4.19. The standard InChI is InChI=1S/2C10H25NO3Si/c2*1-5-12-15(13-6-2,14-7-3)9-10(4)8-11/h2*10H,5-9,11H2,1-4H3. The number of hydrogen-bond acceptors (Lipinski definition) is 8. The van der Waals surface area contributed by atoms with Crippen molar-refractivity contribution in [1.82, 2.24) is 0 Å². The van der Waals surface area contributed by atoms with Crippen LogP contribution >= 0.6 is 0 Å². The second kappa shape index (κ2) is 19.8. The van der Waals surface area contributed by atoms with Crippen LogP contribution in [0.2, 0.25) is 12.1 Å². The van der Waals surface area contributed by atoms with Gasteiger partial charge in [-0.3, -0.25) is 0 Å². The summed E-state index contributed by atoms with van der Waals surface area (Å²) in [6.07, 6.45) is 0. The Morgan fingerprint density at radius 3 is 0.833 bits per heavy atom. The Kier molecular flexibility index (Phi) is 21.3. The zero-order valence-corrected chi connectivity index (χ0v) is 22.8. The summed E-state index contributed by atoms with van der Waals surface area (Å²) < 4.78 is 34.3. The fourth-order valence-corrected chi connectivity index (χ4v) is 8.83. The first-order chi connectivity index (χ1) is 14.3. The third kappa shape index (κ3) is 14.2. The molecule has 8 nitrogen and oxygen atoms in total. The largest absolute Gasteiger partial charge is 0.501 e. The van der Waals surface area contributed by atoms with Gasteiger partial charge in [0.2, 0.25) is 0 Å². The maximum Gasteiger partial charge on any atom is 0.501 e. The van der Waals surface area contributed by atoms with E-state index in [0.29, 0.717) is 64.6 Å². The highest BCUT2D eigenvalue weighted by Gasteiger charge is 2.42. The van der Waals surface area contributed by atoms with Crippen LogP contribution in [0, 0.1) is 11.8 Å².